The predicted octanol–water partition coefficient (Wildman–Crippen LogP) is 1.72. The van der Waals surface area contributed by atoms with Crippen molar-refractivity contribution in [2.45, 2.75) is 26.8 Å². The second-order valence-corrected chi connectivity index (χ2v) is 4.48. The molecule has 0 fully saturated rings. The highest BCUT2D eigenvalue weighted by atomic mass is 16.2. The molecule has 1 unspecified atom stereocenters. The monoisotopic (exact) mass is 220 g/mol. The van der Waals surface area contributed by atoms with Gasteiger partial charge < -0.3 is 10.6 Å². The number of benzene rings is 1. The first-order valence-corrected chi connectivity index (χ1v) is 5.50. The van der Waals surface area contributed by atoms with Gasteiger partial charge in [-0.05, 0) is 32.4 Å². The summed E-state index contributed by atoms with van der Waals surface area (Å²) >= 11 is 0. The number of carbonyl (C=O) groups excluding carboxylic acids is 1. The van der Waals surface area contributed by atoms with E-state index in [2.05, 4.69) is 0 Å². The molecule has 1 amide bonds. The molecule has 88 valence electrons. The molecule has 0 aromatic heterocycles. The third-order valence-corrected chi connectivity index (χ3v) is 2.53. The highest BCUT2D eigenvalue weighted by Gasteiger charge is 2.14. The smallest absolute Gasteiger partial charge is 0.253 e. The molecule has 3 heteroatoms. The predicted molar refractivity (Wildman–Crippen MR) is 66.5 cm³/mol. The van der Waals surface area contributed by atoms with Crippen LogP contribution in [0, 0.1) is 13.8 Å². The molecule has 1 atom stereocenters. The molecule has 0 spiro atoms. The van der Waals surface area contributed by atoms with Gasteiger partial charge in [-0.3, -0.25) is 4.79 Å². The normalized spacial score (nSPS) is 12.3. The van der Waals surface area contributed by atoms with E-state index in [1.54, 1.807) is 11.9 Å². The van der Waals surface area contributed by atoms with Crippen LogP contribution in [0.5, 0.6) is 0 Å². The van der Waals surface area contributed by atoms with Crippen molar-refractivity contribution in [1.29, 1.82) is 0 Å². The Balaban J connectivity index is 2.91. The highest BCUT2D eigenvalue weighted by Crippen LogP contribution is 2.12. The fourth-order valence-corrected chi connectivity index (χ4v) is 1.69. The van der Waals surface area contributed by atoms with Gasteiger partial charge in [-0.1, -0.05) is 17.7 Å². The Kier molecular flexibility index (Phi) is 4.07. The summed E-state index contributed by atoms with van der Waals surface area (Å²) in [6.07, 6.45) is 0. The van der Waals surface area contributed by atoms with Crippen molar-refractivity contribution in [1.82, 2.24) is 4.90 Å². The molecule has 3 nitrogen and oxygen atoms in total. The number of likely N-dealkylation sites (N-methyl/N-ethyl adjacent to an activating group) is 1. The van der Waals surface area contributed by atoms with E-state index in [1.165, 1.54) is 0 Å². The Bertz CT molecular complexity index is 386. The number of hydrogen-bond acceptors (Lipinski definition) is 2. The summed E-state index contributed by atoms with van der Waals surface area (Å²) < 4.78 is 0. The Morgan fingerprint density at radius 2 is 2.06 bits per heavy atom. The topological polar surface area (TPSA) is 46.3 Å². The maximum Gasteiger partial charge on any atom is 0.253 e. The van der Waals surface area contributed by atoms with E-state index in [-0.39, 0.29) is 11.9 Å². The third kappa shape index (κ3) is 3.07. The first-order chi connectivity index (χ1) is 7.41. The van der Waals surface area contributed by atoms with Crippen molar-refractivity contribution in [3.05, 3.63) is 34.9 Å². The van der Waals surface area contributed by atoms with Crippen molar-refractivity contribution in [2.75, 3.05) is 13.6 Å². The van der Waals surface area contributed by atoms with Crippen LogP contribution < -0.4 is 5.73 Å². The maximum atomic E-state index is 12.1. The summed E-state index contributed by atoms with van der Waals surface area (Å²) in [5.74, 6) is 0.0403. The van der Waals surface area contributed by atoms with Gasteiger partial charge in [0.15, 0.2) is 0 Å². The number of nitrogens with zero attached hydrogens (tertiary/aromatic N) is 1. The van der Waals surface area contributed by atoms with Gasteiger partial charge in [-0.2, -0.15) is 0 Å². The molecule has 16 heavy (non-hydrogen) atoms. The minimum atomic E-state index is -0.000865. The standard InChI is InChI=1S/C13H20N2O/c1-9-5-6-10(2)12(7-9)13(16)15(4)8-11(3)14/h5-7,11H,8,14H2,1-4H3. The first-order valence-electron chi connectivity index (χ1n) is 5.50. The van der Waals surface area contributed by atoms with Gasteiger partial charge in [0.05, 0.1) is 0 Å². The molecular weight excluding hydrogens is 200 g/mol. The van der Waals surface area contributed by atoms with Crippen LogP contribution in [-0.4, -0.2) is 30.4 Å². The Hall–Kier alpha value is -1.35. The highest BCUT2D eigenvalue weighted by molar-refractivity contribution is 5.95. The molecule has 0 saturated carbocycles. The summed E-state index contributed by atoms with van der Waals surface area (Å²) in [6.45, 7) is 6.41. The van der Waals surface area contributed by atoms with Crippen molar-refractivity contribution in [3.8, 4) is 0 Å². The van der Waals surface area contributed by atoms with Gasteiger partial charge in [0.1, 0.15) is 0 Å². The number of aryl methyl sites for hydroxylation is 2. The molecule has 0 aliphatic heterocycles. The molecule has 1 rings (SSSR count). The SMILES string of the molecule is Cc1ccc(C)c(C(=O)N(C)CC(C)N)c1. The lowest BCUT2D eigenvalue weighted by atomic mass is 10.0. The van der Waals surface area contributed by atoms with Gasteiger partial charge in [0.2, 0.25) is 0 Å². The molecule has 0 heterocycles. The number of rotatable bonds is 3. The van der Waals surface area contributed by atoms with E-state index in [4.69, 9.17) is 5.73 Å². The second kappa shape index (κ2) is 5.12. The Morgan fingerprint density at radius 1 is 1.44 bits per heavy atom. The minimum Gasteiger partial charge on any atom is -0.340 e. The van der Waals surface area contributed by atoms with Crippen molar-refractivity contribution >= 4 is 5.91 Å². The van der Waals surface area contributed by atoms with Crippen LogP contribution in [-0.2, 0) is 0 Å². The lowest BCUT2D eigenvalue weighted by Gasteiger charge is -2.20. The van der Waals surface area contributed by atoms with Crippen LogP contribution in [0.3, 0.4) is 0 Å². The average molecular weight is 220 g/mol. The molecule has 1 aromatic carbocycles. The molecule has 0 radical (unpaired) electrons. The van der Waals surface area contributed by atoms with Gasteiger partial charge in [0.25, 0.3) is 5.91 Å². The first kappa shape index (κ1) is 12.7. The zero-order chi connectivity index (χ0) is 12.3. The largest absolute Gasteiger partial charge is 0.340 e. The van der Waals surface area contributed by atoms with E-state index in [9.17, 15) is 4.79 Å². The minimum absolute atomic E-state index is 0.000865. The van der Waals surface area contributed by atoms with Gasteiger partial charge in [-0.25, -0.2) is 0 Å². The summed E-state index contributed by atoms with van der Waals surface area (Å²) in [5.41, 5.74) is 8.56. The quantitative estimate of drug-likeness (QED) is 0.843. The molecule has 0 aliphatic rings. The fourth-order valence-electron chi connectivity index (χ4n) is 1.69. The Morgan fingerprint density at radius 3 is 2.62 bits per heavy atom. The van der Waals surface area contributed by atoms with Gasteiger partial charge in [-0.15, -0.1) is 0 Å². The fraction of sp³-hybridized carbons (Fsp3) is 0.462. The second-order valence-electron chi connectivity index (χ2n) is 4.48. The average Bonchev–Trinajstić information content (AvgIpc) is 2.19. The summed E-state index contributed by atoms with van der Waals surface area (Å²) in [7, 11) is 1.79. The van der Waals surface area contributed by atoms with E-state index in [0.29, 0.717) is 6.54 Å². The number of carbonyl (C=O) groups is 1. The molecule has 0 aliphatic carbocycles. The van der Waals surface area contributed by atoms with Crippen molar-refractivity contribution < 1.29 is 4.79 Å². The van der Waals surface area contributed by atoms with Gasteiger partial charge in [0, 0.05) is 25.2 Å². The van der Waals surface area contributed by atoms with Crippen LogP contribution >= 0.6 is 0 Å². The van der Waals surface area contributed by atoms with Crippen LogP contribution in [0.25, 0.3) is 0 Å². The van der Waals surface area contributed by atoms with Crippen LogP contribution in [0.2, 0.25) is 0 Å². The number of hydrogen-bond donors (Lipinski definition) is 1. The summed E-state index contributed by atoms with van der Waals surface area (Å²) in [4.78, 5) is 13.8. The van der Waals surface area contributed by atoms with Crippen LogP contribution in [0.1, 0.15) is 28.4 Å². The van der Waals surface area contributed by atoms with Crippen LogP contribution in [0.4, 0.5) is 0 Å². The summed E-state index contributed by atoms with van der Waals surface area (Å²) in [6, 6.07) is 5.91. The zero-order valence-corrected chi connectivity index (χ0v) is 10.4. The van der Waals surface area contributed by atoms with Crippen molar-refractivity contribution in [2.24, 2.45) is 5.73 Å². The lowest BCUT2D eigenvalue weighted by molar-refractivity contribution is 0.0788. The molecule has 0 saturated heterocycles. The van der Waals surface area contributed by atoms with E-state index in [1.807, 2.05) is 39.0 Å². The molecule has 2 N–H and O–H groups in total. The summed E-state index contributed by atoms with van der Waals surface area (Å²) in [5, 5.41) is 0. The lowest BCUT2D eigenvalue weighted by Crippen LogP contribution is -2.37. The molecular formula is C13H20N2O. The van der Waals surface area contributed by atoms with E-state index >= 15 is 0 Å². The van der Waals surface area contributed by atoms with E-state index in [0.717, 1.165) is 16.7 Å². The number of nitrogens with two attached hydrogens (primary N) is 1. The number of amides is 1. The Labute approximate surface area is 97.2 Å². The van der Waals surface area contributed by atoms with E-state index < -0.39 is 0 Å². The maximum absolute atomic E-state index is 12.1. The van der Waals surface area contributed by atoms with Gasteiger partial charge >= 0.3 is 0 Å². The zero-order valence-electron chi connectivity index (χ0n) is 10.4. The molecule has 1 aromatic rings. The third-order valence-electron chi connectivity index (χ3n) is 2.53. The molecule has 0 bridgehead atoms. The van der Waals surface area contributed by atoms with Crippen LogP contribution in [0.15, 0.2) is 18.2 Å². The van der Waals surface area contributed by atoms with Crippen molar-refractivity contribution in [3.63, 3.8) is 0 Å².